The van der Waals surface area contributed by atoms with Crippen molar-refractivity contribution in [3.8, 4) is 11.9 Å². The number of hydrogen-bond acceptors (Lipinski definition) is 8. The van der Waals surface area contributed by atoms with Gasteiger partial charge in [0.1, 0.15) is 11.6 Å². The molecule has 212 valence electrons. The number of aromatic nitrogens is 1. The highest BCUT2D eigenvalue weighted by Gasteiger charge is 2.19. The van der Waals surface area contributed by atoms with Gasteiger partial charge in [0.05, 0.1) is 17.9 Å². The maximum Gasteiger partial charge on any atom is 0.338 e. The first-order valence-corrected chi connectivity index (χ1v) is 14.2. The van der Waals surface area contributed by atoms with Crippen LogP contribution in [0.2, 0.25) is 0 Å². The van der Waals surface area contributed by atoms with E-state index in [1.165, 1.54) is 19.3 Å². The van der Waals surface area contributed by atoms with Crippen LogP contribution in [0.5, 0.6) is 5.88 Å². The van der Waals surface area contributed by atoms with Gasteiger partial charge in [0.25, 0.3) is 5.56 Å². The summed E-state index contributed by atoms with van der Waals surface area (Å²) in [5.74, 6) is -0.466. The monoisotopic (exact) mass is 537 g/mol. The van der Waals surface area contributed by atoms with Gasteiger partial charge in [0, 0.05) is 12.1 Å². The van der Waals surface area contributed by atoms with E-state index in [1.807, 2.05) is 6.07 Å². The number of aromatic hydroxyl groups is 1. The predicted molar refractivity (Wildman–Crippen MR) is 154 cm³/mol. The van der Waals surface area contributed by atoms with Gasteiger partial charge in [-0.15, -0.1) is 5.11 Å². The Hall–Kier alpha value is -3.67. The number of hydrogen-bond donors (Lipinski definition) is 2. The highest BCUT2D eigenvalue weighted by molar-refractivity contribution is 5.89. The molecule has 0 spiro atoms. The Balaban J connectivity index is 2.11. The normalized spacial score (nSPS) is 11.9. The lowest BCUT2D eigenvalue weighted by atomic mass is 10.0. The molecule has 1 aromatic carbocycles. The third-order valence-electron chi connectivity index (χ3n) is 6.85. The van der Waals surface area contributed by atoms with Gasteiger partial charge in [-0.1, -0.05) is 72.1 Å². The number of nitrogens with one attached hydrogen (secondary N) is 1. The summed E-state index contributed by atoms with van der Waals surface area (Å²) in [4.78, 5) is 25.5. The van der Waals surface area contributed by atoms with Gasteiger partial charge in [0.15, 0.2) is 5.69 Å². The number of esters is 1. The van der Waals surface area contributed by atoms with Crippen LogP contribution in [-0.2, 0) is 4.74 Å². The molecule has 0 bridgehead atoms. The number of unbranched alkanes of at least 4 members (excludes halogenated alkanes) is 6. The zero-order valence-electron chi connectivity index (χ0n) is 23.8. The van der Waals surface area contributed by atoms with Crippen molar-refractivity contribution in [1.82, 2.24) is 4.68 Å². The maximum atomic E-state index is 13.1. The molecule has 0 aliphatic heterocycles. The molecule has 0 radical (unpaired) electrons. The molecule has 0 aliphatic rings. The van der Waals surface area contributed by atoms with Gasteiger partial charge in [-0.25, -0.2) is 4.79 Å². The largest absolute Gasteiger partial charge is 0.492 e. The van der Waals surface area contributed by atoms with Crippen LogP contribution in [0, 0.1) is 24.2 Å². The van der Waals surface area contributed by atoms with E-state index in [-0.39, 0.29) is 22.8 Å². The van der Waals surface area contributed by atoms with E-state index in [2.05, 4.69) is 36.4 Å². The number of rotatable bonds is 17. The first-order chi connectivity index (χ1) is 18.9. The molecule has 39 heavy (non-hydrogen) atoms. The first kappa shape index (κ1) is 31.5. The van der Waals surface area contributed by atoms with Crippen LogP contribution in [-0.4, -0.2) is 28.9 Å². The first-order valence-electron chi connectivity index (χ1n) is 14.2. The molecule has 0 aliphatic carbocycles. The zero-order chi connectivity index (χ0) is 28.6. The molecule has 9 nitrogen and oxygen atoms in total. The average Bonchev–Trinajstić information content (AvgIpc) is 2.94. The lowest BCUT2D eigenvalue weighted by Crippen LogP contribution is -2.30. The van der Waals surface area contributed by atoms with Crippen LogP contribution in [0.15, 0.2) is 39.3 Å². The molecule has 2 rings (SSSR count). The van der Waals surface area contributed by atoms with Gasteiger partial charge in [-0.2, -0.15) is 15.1 Å². The van der Waals surface area contributed by atoms with Crippen molar-refractivity contribution in [1.29, 1.82) is 5.26 Å². The number of benzene rings is 1. The molecule has 0 fully saturated rings. The Morgan fingerprint density at radius 3 is 2.36 bits per heavy atom. The summed E-state index contributed by atoms with van der Waals surface area (Å²) in [6.45, 7) is 8.84. The molecule has 1 heterocycles. The molecule has 1 atom stereocenters. The molecule has 9 heteroatoms. The van der Waals surface area contributed by atoms with Crippen LogP contribution in [0.1, 0.15) is 106 Å². The summed E-state index contributed by atoms with van der Waals surface area (Å²) in [6.07, 6.45) is 10.7. The van der Waals surface area contributed by atoms with Gasteiger partial charge >= 0.3 is 5.97 Å². The van der Waals surface area contributed by atoms with E-state index >= 15 is 0 Å². The SMILES string of the molecule is CCCCCCCCNn1c(O)c(C#N)c(C)c(N=Nc2ccc(C(=O)OCC(CC)CCCC)cc2)c1=O. The van der Waals surface area contributed by atoms with Crippen LogP contribution >= 0.6 is 0 Å². The lowest BCUT2D eigenvalue weighted by molar-refractivity contribution is 0.0428. The lowest BCUT2D eigenvalue weighted by Gasteiger charge is -2.15. The molecule has 1 unspecified atom stereocenters. The molecular weight excluding hydrogens is 494 g/mol. The fraction of sp³-hybridized carbons (Fsp3) is 0.567. The molecule has 2 N–H and O–H groups in total. The number of azo groups is 1. The highest BCUT2D eigenvalue weighted by atomic mass is 16.5. The van der Waals surface area contributed by atoms with Gasteiger partial charge in [-0.3, -0.25) is 4.79 Å². The van der Waals surface area contributed by atoms with Crippen molar-refractivity contribution < 1.29 is 14.6 Å². The Labute approximate surface area is 231 Å². The third-order valence-corrected chi connectivity index (χ3v) is 6.85. The van der Waals surface area contributed by atoms with Crippen molar-refractivity contribution in [3.05, 3.63) is 51.3 Å². The topological polar surface area (TPSA) is 129 Å². The van der Waals surface area contributed by atoms with E-state index in [0.29, 0.717) is 30.3 Å². The summed E-state index contributed by atoms with van der Waals surface area (Å²) >= 11 is 0. The van der Waals surface area contributed by atoms with Gasteiger partial charge in [0.2, 0.25) is 5.88 Å². The van der Waals surface area contributed by atoms with Crippen molar-refractivity contribution >= 4 is 17.3 Å². The number of nitriles is 1. The Morgan fingerprint density at radius 1 is 1.05 bits per heavy atom. The minimum Gasteiger partial charge on any atom is -0.492 e. The molecule has 0 saturated carbocycles. The molecule has 0 amide bonds. The summed E-state index contributed by atoms with van der Waals surface area (Å²) < 4.78 is 6.46. The van der Waals surface area contributed by atoms with E-state index < -0.39 is 11.4 Å². The minimum atomic E-state index is -0.590. The Morgan fingerprint density at radius 2 is 1.72 bits per heavy atom. The molecule has 0 saturated heterocycles. The van der Waals surface area contributed by atoms with Crippen molar-refractivity contribution in [2.24, 2.45) is 16.1 Å². The standard InChI is InChI=1S/C30H43N5O4/c1-5-8-10-11-12-13-19-32-35-28(36)26(20-31)22(4)27(29(35)37)34-33-25-17-15-24(16-18-25)30(38)39-21-23(7-3)14-9-6-2/h15-18,23,32,36H,5-14,19,21H2,1-4H3. The van der Waals surface area contributed by atoms with Gasteiger partial charge < -0.3 is 15.3 Å². The van der Waals surface area contributed by atoms with Gasteiger partial charge in [-0.05, 0) is 49.9 Å². The number of carbonyl (C=O) groups excluding carboxylic acids is 1. The third kappa shape index (κ3) is 9.54. The number of ether oxygens (including phenoxy) is 1. The van der Waals surface area contributed by atoms with Crippen LogP contribution in [0.3, 0.4) is 0 Å². The molecular formula is C30H43N5O4. The molecule has 1 aromatic heterocycles. The second kappa shape index (κ2) is 17.0. The fourth-order valence-corrected chi connectivity index (χ4v) is 4.20. The summed E-state index contributed by atoms with van der Waals surface area (Å²) in [6, 6.07) is 8.39. The van der Waals surface area contributed by atoms with Crippen molar-refractivity contribution in [2.45, 2.75) is 91.9 Å². The zero-order valence-corrected chi connectivity index (χ0v) is 23.8. The number of pyridine rings is 1. The quantitative estimate of drug-likeness (QED) is 0.123. The van der Waals surface area contributed by atoms with Crippen molar-refractivity contribution in [2.75, 3.05) is 18.6 Å². The maximum absolute atomic E-state index is 13.1. The smallest absolute Gasteiger partial charge is 0.338 e. The minimum absolute atomic E-state index is 0.0404. The Bertz CT molecular complexity index is 1180. The second-order valence-corrected chi connectivity index (χ2v) is 9.86. The Kier molecular flexibility index (Phi) is 13.8. The number of carbonyl (C=O) groups is 1. The molecule has 2 aromatic rings. The van der Waals surface area contributed by atoms with Crippen molar-refractivity contribution in [3.63, 3.8) is 0 Å². The van der Waals surface area contributed by atoms with Crippen LogP contribution in [0.25, 0.3) is 0 Å². The number of nitrogens with zero attached hydrogens (tertiary/aromatic N) is 4. The van der Waals surface area contributed by atoms with E-state index in [0.717, 1.165) is 49.6 Å². The van der Waals surface area contributed by atoms with Crippen LogP contribution < -0.4 is 11.0 Å². The van der Waals surface area contributed by atoms with E-state index in [4.69, 9.17) is 4.74 Å². The summed E-state index contributed by atoms with van der Waals surface area (Å²) in [5, 5.41) is 28.3. The average molecular weight is 538 g/mol. The highest BCUT2D eigenvalue weighted by Crippen LogP contribution is 2.26. The van der Waals surface area contributed by atoms with E-state index in [1.54, 1.807) is 31.2 Å². The predicted octanol–water partition coefficient (Wildman–Crippen LogP) is 7.43. The van der Waals surface area contributed by atoms with E-state index in [9.17, 15) is 20.0 Å². The fourth-order valence-electron chi connectivity index (χ4n) is 4.20. The van der Waals surface area contributed by atoms with Crippen LogP contribution in [0.4, 0.5) is 11.4 Å². The second-order valence-electron chi connectivity index (χ2n) is 9.86. The summed E-state index contributed by atoms with van der Waals surface area (Å²) in [7, 11) is 0. The summed E-state index contributed by atoms with van der Waals surface area (Å²) in [5.41, 5.74) is 3.33.